The zero-order chi connectivity index (χ0) is 14.6. The number of nitrogens with zero attached hydrogens (tertiary/aromatic N) is 3. The van der Waals surface area contributed by atoms with Gasteiger partial charge in [-0.15, -0.1) is 11.3 Å². The van der Waals surface area contributed by atoms with Gasteiger partial charge in [0.05, 0.1) is 11.4 Å². The highest BCUT2D eigenvalue weighted by atomic mass is 32.1. The third-order valence-electron chi connectivity index (χ3n) is 3.74. The fraction of sp³-hybridized carbons (Fsp3) is 0.200. The summed E-state index contributed by atoms with van der Waals surface area (Å²) in [4.78, 5) is 18.9. The first-order chi connectivity index (χ1) is 10.1. The molecule has 3 heterocycles. The molecule has 1 aromatic carbocycles. The Morgan fingerprint density at radius 1 is 1.38 bits per heavy atom. The van der Waals surface area contributed by atoms with E-state index in [9.17, 15) is 4.79 Å². The first-order valence-corrected chi connectivity index (χ1v) is 7.52. The second-order valence-electron chi connectivity index (χ2n) is 5.04. The Morgan fingerprint density at radius 3 is 3.10 bits per heavy atom. The maximum atomic E-state index is 12.0. The van der Waals surface area contributed by atoms with Gasteiger partial charge in [-0.2, -0.15) is 0 Å². The van der Waals surface area contributed by atoms with Gasteiger partial charge >= 0.3 is 0 Å². The maximum Gasteiger partial charge on any atom is 0.267 e. The molecule has 1 unspecified atom stereocenters. The largest absolute Gasteiger partial charge is 0.479 e. The van der Waals surface area contributed by atoms with E-state index in [1.54, 1.807) is 36.4 Å². The minimum absolute atomic E-state index is 0.0299. The Balaban J connectivity index is 1.86. The molecule has 2 aromatic heterocycles. The van der Waals surface area contributed by atoms with Crippen LogP contribution in [0.5, 0.6) is 5.75 Å². The Bertz CT molecular complexity index is 852. The number of carbonyl (C=O) groups is 1. The number of ether oxygens (including phenoxy) is 1. The molecule has 4 rings (SSSR count). The molecule has 0 radical (unpaired) electrons. The summed E-state index contributed by atoms with van der Waals surface area (Å²) in [5, 5.41) is 2.07. The summed E-state index contributed by atoms with van der Waals surface area (Å²) < 4.78 is 7.69. The number of benzene rings is 1. The standard InChI is InChI=1S/C15H13N3O2S/c1-9-14(19)17(2)11-7-10(3-4-13(11)20-9)12-8-21-15-16-5-6-18(12)15/h3-9H,1-2H3. The van der Waals surface area contributed by atoms with Crippen molar-refractivity contribution in [1.29, 1.82) is 0 Å². The van der Waals surface area contributed by atoms with E-state index in [2.05, 4.69) is 10.4 Å². The third-order valence-corrected chi connectivity index (χ3v) is 4.59. The van der Waals surface area contributed by atoms with Gasteiger partial charge in [-0.3, -0.25) is 9.20 Å². The highest BCUT2D eigenvalue weighted by Gasteiger charge is 2.29. The number of fused-ring (bicyclic) bond motifs is 2. The van der Waals surface area contributed by atoms with E-state index in [1.165, 1.54) is 0 Å². The van der Waals surface area contributed by atoms with Crippen LogP contribution >= 0.6 is 11.3 Å². The molecule has 0 saturated heterocycles. The normalized spacial score (nSPS) is 17.9. The molecule has 1 aliphatic heterocycles. The average Bonchev–Trinajstić information content (AvgIpc) is 3.08. The van der Waals surface area contributed by atoms with Gasteiger partial charge in [0.2, 0.25) is 0 Å². The lowest BCUT2D eigenvalue weighted by Gasteiger charge is -2.30. The quantitative estimate of drug-likeness (QED) is 0.694. The van der Waals surface area contributed by atoms with Crippen LogP contribution in [0.3, 0.4) is 0 Å². The summed E-state index contributed by atoms with van der Waals surface area (Å²) in [6, 6.07) is 5.92. The van der Waals surface area contributed by atoms with Crippen LogP contribution in [-0.2, 0) is 4.79 Å². The number of rotatable bonds is 1. The van der Waals surface area contributed by atoms with Crippen molar-refractivity contribution in [1.82, 2.24) is 9.38 Å². The van der Waals surface area contributed by atoms with Crippen molar-refractivity contribution in [2.45, 2.75) is 13.0 Å². The molecule has 0 spiro atoms. The van der Waals surface area contributed by atoms with E-state index in [0.717, 1.165) is 27.7 Å². The molecule has 0 N–H and O–H groups in total. The molecule has 6 heteroatoms. The Hall–Kier alpha value is -2.34. The van der Waals surface area contributed by atoms with Crippen molar-refractivity contribution >= 4 is 27.9 Å². The number of hydrogen-bond donors (Lipinski definition) is 0. The molecule has 106 valence electrons. The van der Waals surface area contributed by atoms with Gasteiger partial charge < -0.3 is 9.64 Å². The topological polar surface area (TPSA) is 46.8 Å². The fourth-order valence-electron chi connectivity index (χ4n) is 2.60. The van der Waals surface area contributed by atoms with Gasteiger partial charge in [-0.25, -0.2) is 4.98 Å². The lowest BCUT2D eigenvalue weighted by molar-refractivity contribution is -0.125. The summed E-state index contributed by atoms with van der Waals surface area (Å²) >= 11 is 1.59. The zero-order valence-corrected chi connectivity index (χ0v) is 12.4. The van der Waals surface area contributed by atoms with Gasteiger partial charge in [0.25, 0.3) is 5.91 Å². The zero-order valence-electron chi connectivity index (χ0n) is 11.6. The summed E-state index contributed by atoms with van der Waals surface area (Å²) in [7, 11) is 1.78. The molecule has 1 amide bonds. The molecular weight excluding hydrogens is 286 g/mol. The van der Waals surface area contributed by atoms with Gasteiger partial charge in [0.1, 0.15) is 5.75 Å². The Morgan fingerprint density at radius 2 is 2.24 bits per heavy atom. The summed E-state index contributed by atoms with van der Waals surface area (Å²) in [5.74, 6) is 0.711. The summed E-state index contributed by atoms with van der Waals surface area (Å²) in [6.45, 7) is 1.77. The smallest absolute Gasteiger partial charge is 0.267 e. The fourth-order valence-corrected chi connectivity index (χ4v) is 3.46. The van der Waals surface area contributed by atoms with E-state index in [4.69, 9.17) is 4.74 Å². The van der Waals surface area contributed by atoms with Crippen LogP contribution in [0, 0.1) is 0 Å². The van der Waals surface area contributed by atoms with Gasteiger partial charge in [-0.05, 0) is 25.1 Å². The lowest BCUT2D eigenvalue weighted by Crippen LogP contribution is -2.41. The first-order valence-electron chi connectivity index (χ1n) is 6.64. The minimum atomic E-state index is -0.435. The van der Waals surface area contributed by atoms with Crippen molar-refractivity contribution in [3.63, 3.8) is 0 Å². The van der Waals surface area contributed by atoms with Gasteiger partial charge in [0, 0.05) is 30.4 Å². The van der Waals surface area contributed by atoms with Crippen LogP contribution in [0.25, 0.3) is 16.2 Å². The van der Waals surface area contributed by atoms with E-state index in [0.29, 0.717) is 0 Å². The Labute approximate surface area is 125 Å². The summed E-state index contributed by atoms with van der Waals surface area (Å²) in [6.07, 6.45) is 3.29. The SMILES string of the molecule is CC1Oc2ccc(-c3csc4nccn34)cc2N(C)C1=O. The monoisotopic (exact) mass is 299 g/mol. The molecular formula is C15H13N3O2S. The van der Waals surface area contributed by atoms with Crippen LogP contribution in [-0.4, -0.2) is 28.4 Å². The number of imidazole rings is 1. The third kappa shape index (κ3) is 1.76. The molecule has 1 atom stereocenters. The highest BCUT2D eigenvalue weighted by molar-refractivity contribution is 7.15. The van der Waals surface area contributed by atoms with Crippen molar-refractivity contribution in [3.05, 3.63) is 36.0 Å². The van der Waals surface area contributed by atoms with Crippen LogP contribution in [0.1, 0.15) is 6.92 Å². The van der Waals surface area contributed by atoms with Crippen molar-refractivity contribution in [3.8, 4) is 17.0 Å². The van der Waals surface area contributed by atoms with Crippen molar-refractivity contribution in [2.75, 3.05) is 11.9 Å². The molecule has 3 aromatic rings. The van der Waals surface area contributed by atoms with Crippen molar-refractivity contribution < 1.29 is 9.53 Å². The number of aromatic nitrogens is 2. The number of carbonyl (C=O) groups excluding carboxylic acids is 1. The van der Waals surface area contributed by atoms with Crippen LogP contribution in [0.15, 0.2) is 36.0 Å². The van der Waals surface area contributed by atoms with E-state index in [1.807, 2.05) is 28.8 Å². The predicted molar refractivity (Wildman–Crippen MR) is 82.0 cm³/mol. The molecule has 0 aliphatic carbocycles. The van der Waals surface area contributed by atoms with Crippen LogP contribution < -0.4 is 9.64 Å². The molecule has 0 saturated carbocycles. The van der Waals surface area contributed by atoms with E-state index in [-0.39, 0.29) is 5.91 Å². The lowest BCUT2D eigenvalue weighted by atomic mass is 10.1. The second kappa shape index (κ2) is 4.33. The number of thiazole rings is 1. The molecule has 5 nitrogen and oxygen atoms in total. The predicted octanol–water partition coefficient (Wildman–Crippen LogP) is 2.81. The highest BCUT2D eigenvalue weighted by Crippen LogP contribution is 2.37. The molecule has 0 fully saturated rings. The Kier molecular flexibility index (Phi) is 2.56. The number of hydrogen-bond acceptors (Lipinski definition) is 4. The first kappa shape index (κ1) is 12.4. The molecule has 0 bridgehead atoms. The molecule has 21 heavy (non-hydrogen) atoms. The summed E-state index contributed by atoms with van der Waals surface area (Å²) in [5.41, 5.74) is 2.90. The number of likely N-dealkylation sites (N-methyl/N-ethyl adjacent to an activating group) is 1. The minimum Gasteiger partial charge on any atom is -0.479 e. The van der Waals surface area contributed by atoms with Crippen LogP contribution in [0.4, 0.5) is 5.69 Å². The van der Waals surface area contributed by atoms with E-state index >= 15 is 0 Å². The van der Waals surface area contributed by atoms with Gasteiger partial charge in [-0.1, -0.05) is 0 Å². The molecule has 1 aliphatic rings. The van der Waals surface area contributed by atoms with Gasteiger partial charge in [0.15, 0.2) is 11.1 Å². The number of amides is 1. The second-order valence-corrected chi connectivity index (χ2v) is 5.88. The maximum absolute atomic E-state index is 12.0. The van der Waals surface area contributed by atoms with Crippen LogP contribution in [0.2, 0.25) is 0 Å². The van der Waals surface area contributed by atoms with E-state index < -0.39 is 6.10 Å². The van der Waals surface area contributed by atoms with Crippen molar-refractivity contribution in [2.24, 2.45) is 0 Å². The average molecular weight is 299 g/mol. The number of anilines is 1.